The number of anilines is 1. The molecule has 2 amide bonds. The van der Waals surface area contributed by atoms with Gasteiger partial charge in [0.1, 0.15) is 0 Å². The van der Waals surface area contributed by atoms with Crippen LogP contribution in [0.5, 0.6) is 0 Å². The molecule has 1 saturated carbocycles. The molecule has 0 atom stereocenters. The van der Waals surface area contributed by atoms with Crippen molar-refractivity contribution in [2.45, 2.75) is 23.8 Å². The van der Waals surface area contributed by atoms with E-state index >= 15 is 0 Å². The van der Waals surface area contributed by atoms with Crippen LogP contribution in [-0.2, 0) is 9.84 Å². The summed E-state index contributed by atoms with van der Waals surface area (Å²) in [5.41, 5.74) is 0.896. The van der Waals surface area contributed by atoms with Gasteiger partial charge in [0.05, 0.1) is 15.5 Å². The van der Waals surface area contributed by atoms with Gasteiger partial charge in [0.15, 0.2) is 9.84 Å². The van der Waals surface area contributed by atoms with E-state index in [0.29, 0.717) is 11.3 Å². The van der Waals surface area contributed by atoms with Gasteiger partial charge in [-0.2, -0.15) is 0 Å². The Morgan fingerprint density at radius 1 is 1.08 bits per heavy atom. The fourth-order valence-corrected chi connectivity index (χ4v) is 3.19. The van der Waals surface area contributed by atoms with Crippen molar-refractivity contribution in [1.82, 2.24) is 5.32 Å². The van der Waals surface area contributed by atoms with Crippen molar-refractivity contribution in [2.24, 2.45) is 0 Å². The van der Waals surface area contributed by atoms with Crippen molar-refractivity contribution in [3.63, 3.8) is 0 Å². The number of carbonyl (C=O) groups is 2. The molecule has 0 bridgehead atoms. The molecular weight excluding hydrogens is 376 g/mol. The summed E-state index contributed by atoms with van der Waals surface area (Å²) in [6, 6.07) is 10.7. The number of rotatable bonds is 5. The molecule has 3 rings (SSSR count). The number of benzene rings is 2. The molecule has 1 aliphatic carbocycles. The third-order valence-electron chi connectivity index (χ3n) is 3.91. The standard InChI is InChI=1S/C18H17ClN2O4S/c1-26(24,25)14-7-8-16(19)15(10-14)18(23)21-13-4-2-3-11(9-13)17(22)20-12-5-6-12/h2-4,7-10,12H,5-6H2,1H3,(H,20,22)(H,21,23). The van der Waals surface area contributed by atoms with E-state index in [4.69, 9.17) is 11.6 Å². The summed E-state index contributed by atoms with van der Waals surface area (Å²) in [6.07, 6.45) is 3.02. The summed E-state index contributed by atoms with van der Waals surface area (Å²) in [6.45, 7) is 0. The number of sulfone groups is 1. The molecule has 0 aliphatic heterocycles. The predicted octanol–water partition coefficient (Wildman–Crippen LogP) is 2.89. The summed E-state index contributed by atoms with van der Waals surface area (Å²) in [5, 5.41) is 5.66. The molecule has 6 nitrogen and oxygen atoms in total. The molecule has 0 aromatic heterocycles. The Morgan fingerprint density at radius 2 is 1.81 bits per heavy atom. The Kier molecular flexibility index (Phi) is 5.02. The van der Waals surface area contributed by atoms with E-state index in [0.717, 1.165) is 19.1 Å². The molecule has 26 heavy (non-hydrogen) atoms. The molecule has 0 saturated heterocycles. The molecule has 2 N–H and O–H groups in total. The minimum absolute atomic E-state index is 0.00427. The molecule has 0 spiro atoms. The van der Waals surface area contributed by atoms with Crippen molar-refractivity contribution in [1.29, 1.82) is 0 Å². The first-order valence-electron chi connectivity index (χ1n) is 7.96. The van der Waals surface area contributed by atoms with Gasteiger partial charge in [-0.15, -0.1) is 0 Å². The van der Waals surface area contributed by atoms with Gasteiger partial charge in [-0.05, 0) is 49.2 Å². The minimum atomic E-state index is -3.46. The van der Waals surface area contributed by atoms with E-state index in [9.17, 15) is 18.0 Å². The van der Waals surface area contributed by atoms with E-state index in [-0.39, 0.29) is 27.4 Å². The molecule has 2 aromatic rings. The topological polar surface area (TPSA) is 92.3 Å². The number of carbonyl (C=O) groups excluding carboxylic acids is 2. The van der Waals surface area contributed by atoms with Crippen LogP contribution in [0.1, 0.15) is 33.6 Å². The molecule has 2 aromatic carbocycles. The van der Waals surface area contributed by atoms with Gasteiger partial charge in [0.25, 0.3) is 11.8 Å². The van der Waals surface area contributed by atoms with Gasteiger partial charge in [0.2, 0.25) is 0 Å². The number of nitrogens with one attached hydrogen (secondary N) is 2. The first kappa shape index (κ1) is 18.4. The Bertz CT molecular complexity index is 984. The van der Waals surface area contributed by atoms with Crippen molar-refractivity contribution in [2.75, 3.05) is 11.6 Å². The Morgan fingerprint density at radius 3 is 2.46 bits per heavy atom. The summed E-state index contributed by atoms with van der Waals surface area (Å²) in [7, 11) is -3.46. The number of hydrogen-bond donors (Lipinski definition) is 2. The van der Waals surface area contributed by atoms with Gasteiger partial charge in [-0.25, -0.2) is 8.42 Å². The number of amides is 2. The second-order valence-electron chi connectivity index (χ2n) is 6.20. The zero-order chi connectivity index (χ0) is 18.9. The molecule has 0 radical (unpaired) electrons. The van der Waals surface area contributed by atoms with E-state index in [1.54, 1.807) is 24.3 Å². The number of hydrogen-bond acceptors (Lipinski definition) is 4. The van der Waals surface area contributed by atoms with Crippen LogP contribution in [0.15, 0.2) is 47.4 Å². The fourth-order valence-electron chi connectivity index (χ4n) is 2.34. The molecule has 136 valence electrons. The monoisotopic (exact) mass is 392 g/mol. The lowest BCUT2D eigenvalue weighted by atomic mass is 10.1. The maximum Gasteiger partial charge on any atom is 0.257 e. The zero-order valence-corrected chi connectivity index (χ0v) is 15.5. The van der Waals surface area contributed by atoms with Gasteiger partial charge in [-0.1, -0.05) is 17.7 Å². The van der Waals surface area contributed by atoms with Crippen molar-refractivity contribution >= 4 is 38.9 Å². The highest BCUT2D eigenvalue weighted by molar-refractivity contribution is 7.90. The predicted molar refractivity (Wildman–Crippen MR) is 99.4 cm³/mol. The van der Waals surface area contributed by atoms with Gasteiger partial charge < -0.3 is 10.6 Å². The van der Waals surface area contributed by atoms with Crippen LogP contribution < -0.4 is 10.6 Å². The third kappa shape index (κ3) is 4.42. The lowest BCUT2D eigenvalue weighted by Gasteiger charge is -2.10. The number of halogens is 1. The van der Waals surface area contributed by atoms with Crippen molar-refractivity contribution in [3.05, 3.63) is 58.6 Å². The van der Waals surface area contributed by atoms with Gasteiger partial charge in [-0.3, -0.25) is 9.59 Å². The van der Waals surface area contributed by atoms with Crippen LogP contribution in [0.4, 0.5) is 5.69 Å². The van der Waals surface area contributed by atoms with E-state index < -0.39 is 15.7 Å². The lowest BCUT2D eigenvalue weighted by Crippen LogP contribution is -2.25. The Hall–Kier alpha value is -2.38. The smallest absolute Gasteiger partial charge is 0.257 e. The second-order valence-corrected chi connectivity index (χ2v) is 8.62. The summed E-state index contributed by atoms with van der Waals surface area (Å²) in [4.78, 5) is 24.6. The average molecular weight is 393 g/mol. The molecule has 1 fully saturated rings. The van der Waals surface area contributed by atoms with E-state index in [1.807, 2.05) is 0 Å². The SMILES string of the molecule is CS(=O)(=O)c1ccc(Cl)c(C(=O)Nc2cccc(C(=O)NC3CC3)c2)c1. The maximum absolute atomic E-state index is 12.5. The van der Waals surface area contributed by atoms with Crippen LogP contribution in [0.3, 0.4) is 0 Å². The minimum Gasteiger partial charge on any atom is -0.349 e. The van der Waals surface area contributed by atoms with Crippen molar-refractivity contribution in [3.8, 4) is 0 Å². The molecule has 0 unspecified atom stereocenters. The largest absolute Gasteiger partial charge is 0.349 e. The fraction of sp³-hybridized carbons (Fsp3) is 0.222. The highest BCUT2D eigenvalue weighted by atomic mass is 35.5. The second kappa shape index (κ2) is 7.09. The average Bonchev–Trinajstić information content (AvgIpc) is 3.38. The third-order valence-corrected chi connectivity index (χ3v) is 5.35. The van der Waals surface area contributed by atoms with Crippen LogP contribution >= 0.6 is 11.6 Å². The van der Waals surface area contributed by atoms with Crippen LogP contribution in [0.2, 0.25) is 5.02 Å². The van der Waals surface area contributed by atoms with Gasteiger partial charge in [0, 0.05) is 23.5 Å². The Labute approximate surface area is 156 Å². The maximum atomic E-state index is 12.5. The molecule has 0 heterocycles. The van der Waals surface area contributed by atoms with E-state index in [2.05, 4.69) is 10.6 Å². The highest BCUT2D eigenvalue weighted by Crippen LogP contribution is 2.23. The first-order valence-corrected chi connectivity index (χ1v) is 10.2. The van der Waals surface area contributed by atoms with E-state index in [1.165, 1.54) is 18.2 Å². The summed E-state index contributed by atoms with van der Waals surface area (Å²) in [5.74, 6) is -0.749. The van der Waals surface area contributed by atoms with Gasteiger partial charge >= 0.3 is 0 Å². The Balaban J connectivity index is 1.81. The van der Waals surface area contributed by atoms with Crippen LogP contribution in [-0.4, -0.2) is 32.5 Å². The van der Waals surface area contributed by atoms with Crippen molar-refractivity contribution < 1.29 is 18.0 Å². The quantitative estimate of drug-likeness (QED) is 0.818. The molecule has 1 aliphatic rings. The highest BCUT2D eigenvalue weighted by Gasteiger charge is 2.24. The normalized spacial score (nSPS) is 13.9. The summed E-state index contributed by atoms with van der Waals surface area (Å²) >= 11 is 6.03. The molecular formula is C18H17ClN2O4S. The van der Waals surface area contributed by atoms with Crippen LogP contribution in [0, 0.1) is 0 Å². The lowest BCUT2D eigenvalue weighted by molar-refractivity contribution is 0.0949. The summed E-state index contributed by atoms with van der Waals surface area (Å²) < 4.78 is 23.3. The first-order chi connectivity index (χ1) is 12.2. The van der Waals surface area contributed by atoms with Crippen LogP contribution in [0.25, 0.3) is 0 Å². The molecule has 8 heteroatoms. The zero-order valence-electron chi connectivity index (χ0n) is 14.0.